The topological polar surface area (TPSA) is 86.7 Å². The highest BCUT2D eigenvalue weighted by atomic mass is 32.2. The van der Waals surface area contributed by atoms with Crippen LogP contribution in [0.2, 0.25) is 0 Å². The molecule has 8 heteroatoms. The van der Waals surface area contributed by atoms with E-state index in [1.54, 1.807) is 48.5 Å². The first-order valence-electron chi connectivity index (χ1n) is 11.5. The van der Waals surface area contributed by atoms with Gasteiger partial charge in [0.2, 0.25) is 0 Å². The molecule has 3 fully saturated rings. The van der Waals surface area contributed by atoms with Crippen molar-refractivity contribution in [2.45, 2.75) is 49.3 Å². The second-order valence-electron chi connectivity index (χ2n) is 9.95. The highest BCUT2D eigenvalue weighted by Crippen LogP contribution is 2.74. The normalized spacial score (nSPS) is 27.8. The van der Waals surface area contributed by atoms with Crippen molar-refractivity contribution in [2.24, 2.45) is 29.1 Å². The Hall–Kier alpha value is -1.74. The summed E-state index contributed by atoms with van der Waals surface area (Å²) in [5.74, 6) is 0.678. The molecule has 1 spiro atoms. The first kappa shape index (κ1) is 23.0. The Bertz CT molecular complexity index is 1130. The molecular formula is C25H30O6S2. The van der Waals surface area contributed by atoms with Crippen molar-refractivity contribution in [3.05, 3.63) is 59.7 Å². The molecule has 178 valence electrons. The molecule has 0 aromatic heterocycles. The Morgan fingerprint density at radius 1 is 0.697 bits per heavy atom. The van der Waals surface area contributed by atoms with Crippen molar-refractivity contribution < 1.29 is 25.2 Å². The van der Waals surface area contributed by atoms with Gasteiger partial charge in [-0.05, 0) is 92.9 Å². The quantitative estimate of drug-likeness (QED) is 0.508. The Balaban J connectivity index is 1.32. The third-order valence-electron chi connectivity index (χ3n) is 8.13. The van der Waals surface area contributed by atoms with Gasteiger partial charge in [0.15, 0.2) is 0 Å². The molecule has 3 saturated carbocycles. The minimum Gasteiger partial charge on any atom is -0.266 e. The maximum Gasteiger partial charge on any atom is 0.296 e. The molecule has 6 nitrogen and oxygen atoms in total. The van der Waals surface area contributed by atoms with E-state index in [4.69, 9.17) is 8.37 Å². The molecule has 3 aliphatic rings. The summed E-state index contributed by atoms with van der Waals surface area (Å²) in [4.78, 5) is 0.291. The van der Waals surface area contributed by atoms with Crippen molar-refractivity contribution >= 4 is 20.2 Å². The standard InChI is InChI=1S/C25H30O6S2/c1-17-3-7-19(8-4-17)32(26,27)30-15-21-22(24-12-11-23(21)25(24)13-14-25)16-31-33(28,29)20-9-5-18(2)6-10-20/h3-10,21-24H,11-16H2,1-2H3/t21-,22-,23+,24+/m0/s1. The smallest absolute Gasteiger partial charge is 0.266 e. The highest BCUT2D eigenvalue weighted by Gasteiger charge is 2.68. The minimum absolute atomic E-state index is 0.0281. The summed E-state index contributed by atoms with van der Waals surface area (Å²) in [6, 6.07) is 13.2. The molecule has 2 aromatic rings. The van der Waals surface area contributed by atoms with Crippen LogP contribution in [0.15, 0.2) is 58.3 Å². The molecule has 0 aliphatic heterocycles. The van der Waals surface area contributed by atoms with Crippen molar-refractivity contribution in [3.8, 4) is 0 Å². The lowest BCUT2D eigenvalue weighted by molar-refractivity contribution is 0.101. The second kappa shape index (κ2) is 8.18. The van der Waals surface area contributed by atoms with Gasteiger partial charge in [0, 0.05) is 0 Å². The van der Waals surface area contributed by atoms with Crippen LogP contribution in [-0.2, 0) is 28.6 Å². The van der Waals surface area contributed by atoms with Crippen LogP contribution in [0, 0.1) is 42.9 Å². The van der Waals surface area contributed by atoms with Crippen LogP contribution in [0.1, 0.15) is 36.8 Å². The zero-order chi connectivity index (χ0) is 23.4. The van der Waals surface area contributed by atoms with Crippen LogP contribution >= 0.6 is 0 Å². The molecule has 0 heterocycles. The van der Waals surface area contributed by atoms with E-state index in [0.29, 0.717) is 11.8 Å². The first-order chi connectivity index (χ1) is 15.6. The average molecular weight is 491 g/mol. The Labute approximate surface area is 196 Å². The fourth-order valence-electron chi connectivity index (χ4n) is 6.33. The minimum atomic E-state index is -3.87. The Morgan fingerprint density at radius 3 is 1.39 bits per heavy atom. The summed E-state index contributed by atoms with van der Waals surface area (Å²) < 4.78 is 62.2. The fourth-order valence-corrected chi connectivity index (χ4v) is 8.22. The van der Waals surface area contributed by atoms with Crippen LogP contribution in [0.3, 0.4) is 0 Å². The van der Waals surface area contributed by atoms with Gasteiger partial charge in [-0.3, -0.25) is 8.37 Å². The van der Waals surface area contributed by atoms with Crippen molar-refractivity contribution in [2.75, 3.05) is 13.2 Å². The zero-order valence-electron chi connectivity index (χ0n) is 18.9. The second-order valence-corrected chi connectivity index (χ2v) is 13.2. The molecule has 3 aliphatic carbocycles. The number of rotatable bonds is 8. The van der Waals surface area contributed by atoms with Gasteiger partial charge in [0.25, 0.3) is 20.2 Å². The lowest BCUT2D eigenvalue weighted by atomic mass is 9.80. The molecule has 0 unspecified atom stereocenters. The maximum absolute atomic E-state index is 12.8. The largest absolute Gasteiger partial charge is 0.296 e. The van der Waals surface area contributed by atoms with Crippen molar-refractivity contribution in [1.82, 2.24) is 0 Å². The molecule has 0 amide bonds. The van der Waals surface area contributed by atoms with Gasteiger partial charge in [0.1, 0.15) is 0 Å². The average Bonchev–Trinajstić information content (AvgIpc) is 3.44. The third-order valence-corrected chi connectivity index (χ3v) is 10.7. The van der Waals surface area contributed by atoms with Gasteiger partial charge in [-0.15, -0.1) is 0 Å². The van der Waals surface area contributed by atoms with E-state index in [-0.39, 0.29) is 40.3 Å². The molecule has 2 bridgehead atoms. The summed E-state index contributed by atoms with van der Waals surface area (Å²) in [5, 5.41) is 0. The molecule has 33 heavy (non-hydrogen) atoms. The van der Waals surface area contributed by atoms with Gasteiger partial charge < -0.3 is 0 Å². The fraction of sp³-hybridized carbons (Fsp3) is 0.520. The SMILES string of the molecule is Cc1ccc(S(=O)(=O)OC[C@H]2[C@H](COS(=O)(=O)c3ccc(C)cc3)[C@H]3CC[C@H]2C32CC2)cc1. The Kier molecular flexibility index (Phi) is 5.71. The zero-order valence-corrected chi connectivity index (χ0v) is 20.6. The predicted molar refractivity (Wildman–Crippen MR) is 123 cm³/mol. The Morgan fingerprint density at radius 2 is 1.06 bits per heavy atom. The van der Waals surface area contributed by atoms with E-state index < -0.39 is 20.2 Å². The van der Waals surface area contributed by atoms with Crippen LogP contribution < -0.4 is 0 Å². The van der Waals surface area contributed by atoms with Gasteiger partial charge in [0.05, 0.1) is 23.0 Å². The van der Waals surface area contributed by atoms with E-state index in [1.165, 1.54) is 0 Å². The molecule has 2 aromatic carbocycles. The molecular weight excluding hydrogens is 460 g/mol. The van der Waals surface area contributed by atoms with Crippen LogP contribution in [0.25, 0.3) is 0 Å². The summed E-state index contributed by atoms with van der Waals surface area (Å²) in [6.45, 7) is 3.93. The number of hydrogen-bond acceptors (Lipinski definition) is 6. The predicted octanol–water partition coefficient (Wildman–Crippen LogP) is 4.47. The van der Waals surface area contributed by atoms with Crippen LogP contribution in [-0.4, -0.2) is 30.0 Å². The van der Waals surface area contributed by atoms with E-state index in [2.05, 4.69) is 0 Å². The number of aryl methyl sites for hydroxylation is 2. The van der Waals surface area contributed by atoms with E-state index in [0.717, 1.165) is 36.8 Å². The summed E-state index contributed by atoms with van der Waals surface area (Å²) in [7, 11) is -7.74. The lowest BCUT2D eigenvalue weighted by Gasteiger charge is -2.30. The molecule has 5 rings (SSSR count). The van der Waals surface area contributed by atoms with Crippen LogP contribution in [0.5, 0.6) is 0 Å². The third kappa shape index (κ3) is 4.16. The lowest BCUT2D eigenvalue weighted by Crippen LogP contribution is -2.31. The number of hydrogen-bond donors (Lipinski definition) is 0. The van der Waals surface area contributed by atoms with Gasteiger partial charge in [-0.1, -0.05) is 35.4 Å². The molecule has 0 N–H and O–H groups in total. The van der Waals surface area contributed by atoms with E-state index in [1.807, 2.05) is 13.8 Å². The summed E-state index contributed by atoms with van der Waals surface area (Å²) in [6.07, 6.45) is 4.35. The maximum atomic E-state index is 12.8. The van der Waals surface area contributed by atoms with Gasteiger partial charge >= 0.3 is 0 Å². The van der Waals surface area contributed by atoms with E-state index >= 15 is 0 Å². The van der Waals surface area contributed by atoms with Crippen molar-refractivity contribution in [3.63, 3.8) is 0 Å². The first-order valence-corrected chi connectivity index (χ1v) is 14.4. The molecule has 0 radical (unpaired) electrons. The molecule has 4 atom stereocenters. The van der Waals surface area contributed by atoms with Gasteiger partial charge in [-0.2, -0.15) is 16.8 Å². The van der Waals surface area contributed by atoms with E-state index in [9.17, 15) is 16.8 Å². The molecule has 0 saturated heterocycles. The highest BCUT2D eigenvalue weighted by molar-refractivity contribution is 7.87. The monoisotopic (exact) mass is 490 g/mol. The van der Waals surface area contributed by atoms with Crippen molar-refractivity contribution in [1.29, 1.82) is 0 Å². The van der Waals surface area contributed by atoms with Crippen LogP contribution in [0.4, 0.5) is 0 Å². The summed E-state index contributed by atoms with van der Waals surface area (Å²) in [5.41, 5.74) is 2.18. The number of benzene rings is 2. The summed E-state index contributed by atoms with van der Waals surface area (Å²) >= 11 is 0. The van der Waals surface area contributed by atoms with Gasteiger partial charge in [-0.25, -0.2) is 0 Å².